The van der Waals surface area contributed by atoms with Crippen molar-refractivity contribution in [3.63, 3.8) is 0 Å². The highest BCUT2D eigenvalue weighted by Gasteiger charge is 2.72. The first kappa shape index (κ1) is 20.6. The van der Waals surface area contributed by atoms with Crippen LogP contribution in [0.1, 0.15) is 12.0 Å². The van der Waals surface area contributed by atoms with E-state index in [-0.39, 0.29) is 17.3 Å². The summed E-state index contributed by atoms with van der Waals surface area (Å²) in [5, 5.41) is 11.5. The number of benzene rings is 2. The first-order valence-electron chi connectivity index (χ1n) is 11.5. The summed E-state index contributed by atoms with van der Waals surface area (Å²) in [5.41, 5.74) is 9.89. The lowest BCUT2D eigenvalue weighted by Gasteiger charge is -2.46. The van der Waals surface area contributed by atoms with Crippen molar-refractivity contribution in [1.82, 2.24) is 30.1 Å². The van der Waals surface area contributed by atoms with Crippen LogP contribution < -0.4 is 5.73 Å². The maximum Gasteiger partial charge on any atom is 0.190 e. The van der Waals surface area contributed by atoms with Gasteiger partial charge in [0.2, 0.25) is 0 Å². The van der Waals surface area contributed by atoms with E-state index in [2.05, 4.69) is 37.5 Å². The van der Waals surface area contributed by atoms with Gasteiger partial charge in [-0.2, -0.15) is 4.68 Å². The third-order valence-electron chi connectivity index (χ3n) is 7.56. The highest BCUT2D eigenvalue weighted by atomic mass is 19.2. The highest BCUT2D eigenvalue weighted by molar-refractivity contribution is 5.76. The Morgan fingerprint density at radius 2 is 1.97 bits per heavy atom. The Bertz CT molecular complexity index is 1450. The van der Waals surface area contributed by atoms with Crippen molar-refractivity contribution in [2.45, 2.75) is 25.1 Å². The molecule has 7 rings (SSSR count). The van der Waals surface area contributed by atoms with Crippen LogP contribution >= 0.6 is 0 Å². The summed E-state index contributed by atoms with van der Waals surface area (Å²) >= 11 is 0. The highest BCUT2D eigenvalue weighted by Crippen LogP contribution is 2.63. The SMILES string of the molecule is Nc1ncc(-c2ccc(CN3CC45CC4OCC35)cc2)cc1-c1nnnn1-c1cccc(F)c1F. The van der Waals surface area contributed by atoms with E-state index in [1.54, 1.807) is 12.3 Å². The van der Waals surface area contributed by atoms with E-state index >= 15 is 0 Å². The summed E-state index contributed by atoms with van der Waals surface area (Å²) in [6.45, 7) is 2.87. The number of aromatic nitrogens is 5. The molecule has 2 N–H and O–H groups in total. The maximum absolute atomic E-state index is 14.4. The zero-order valence-corrected chi connectivity index (χ0v) is 18.6. The fraction of sp³-hybridized carbons (Fsp3) is 0.280. The van der Waals surface area contributed by atoms with Gasteiger partial charge in [-0.25, -0.2) is 13.8 Å². The van der Waals surface area contributed by atoms with Crippen molar-refractivity contribution in [3.8, 4) is 28.2 Å². The number of nitrogen functional groups attached to an aromatic ring is 1. The van der Waals surface area contributed by atoms with Gasteiger partial charge in [0.15, 0.2) is 17.5 Å². The molecule has 35 heavy (non-hydrogen) atoms. The molecule has 8 nitrogen and oxygen atoms in total. The lowest BCUT2D eigenvalue weighted by atomic mass is 9.86. The van der Waals surface area contributed by atoms with Crippen LogP contribution in [0.25, 0.3) is 28.2 Å². The topological polar surface area (TPSA) is 95.0 Å². The number of hydrogen-bond acceptors (Lipinski definition) is 7. The minimum Gasteiger partial charge on any atom is -0.383 e. The summed E-state index contributed by atoms with van der Waals surface area (Å²) < 4.78 is 35.2. The molecule has 4 heterocycles. The van der Waals surface area contributed by atoms with Crippen LogP contribution in [0.3, 0.4) is 0 Å². The van der Waals surface area contributed by atoms with Crippen molar-refractivity contribution in [2.24, 2.45) is 5.41 Å². The van der Waals surface area contributed by atoms with E-state index in [1.165, 1.54) is 24.1 Å². The van der Waals surface area contributed by atoms with Gasteiger partial charge in [-0.1, -0.05) is 30.3 Å². The predicted octanol–water partition coefficient (Wildman–Crippen LogP) is 3.22. The molecule has 3 atom stereocenters. The van der Waals surface area contributed by atoms with E-state index in [0.29, 0.717) is 23.1 Å². The van der Waals surface area contributed by atoms with Gasteiger partial charge >= 0.3 is 0 Å². The quantitative estimate of drug-likeness (QED) is 0.476. The van der Waals surface area contributed by atoms with Crippen LogP contribution in [0.15, 0.2) is 54.7 Å². The number of tetrazole rings is 1. The molecular weight excluding hydrogens is 452 g/mol. The molecule has 2 saturated heterocycles. The molecule has 2 aromatic carbocycles. The second-order valence-corrected chi connectivity index (χ2v) is 9.52. The number of rotatable bonds is 5. The average Bonchev–Trinajstić information content (AvgIpc) is 3.25. The van der Waals surface area contributed by atoms with Crippen molar-refractivity contribution < 1.29 is 13.5 Å². The average molecular weight is 473 g/mol. The molecule has 1 aliphatic carbocycles. The van der Waals surface area contributed by atoms with E-state index in [9.17, 15) is 8.78 Å². The third kappa shape index (κ3) is 3.10. The fourth-order valence-corrected chi connectivity index (χ4v) is 5.54. The number of pyridine rings is 1. The zero-order chi connectivity index (χ0) is 23.7. The van der Waals surface area contributed by atoms with Crippen LogP contribution in [0.2, 0.25) is 0 Å². The molecule has 2 aliphatic heterocycles. The molecule has 0 bridgehead atoms. The predicted molar refractivity (Wildman–Crippen MR) is 123 cm³/mol. The normalized spacial score (nSPS) is 24.6. The van der Waals surface area contributed by atoms with Crippen molar-refractivity contribution in [3.05, 3.63) is 71.9 Å². The number of halogens is 2. The second kappa shape index (κ2) is 7.37. The lowest BCUT2D eigenvalue weighted by molar-refractivity contribution is 0.00119. The first-order valence-corrected chi connectivity index (χ1v) is 11.5. The van der Waals surface area contributed by atoms with E-state index < -0.39 is 11.6 Å². The second-order valence-electron chi connectivity index (χ2n) is 9.52. The van der Waals surface area contributed by atoms with Gasteiger partial charge in [0.05, 0.1) is 18.3 Å². The third-order valence-corrected chi connectivity index (χ3v) is 7.56. The number of ether oxygens (including phenoxy) is 1. The van der Waals surface area contributed by atoms with E-state index in [4.69, 9.17) is 10.5 Å². The molecule has 176 valence electrons. The zero-order valence-electron chi connectivity index (χ0n) is 18.6. The Labute approximate surface area is 199 Å². The van der Waals surface area contributed by atoms with Crippen LogP contribution in [-0.2, 0) is 11.3 Å². The lowest BCUT2D eigenvalue weighted by Crippen LogP contribution is -2.57. The summed E-state index contributed by atoms with van der Waals surface area (Å²) in [6.07, 6.45) is 3.39. The summed E-state index contributed by atoms with van der Waals surface area (Å²) in [7, 11) is 0. The number of nitrogens with zero attached hydrogens (tertiary/aromatic N) is 6. The first-order chi connectivity index (χ1) is 17.0. The number of likely N-dealkylation sites (tertiary alicyclic amines) is 1. The summed E-state index contributed by atoms with van der Waals surface area (Å²) in [4.78, 5) is 6.80. The fourth-order valence-electron chi connectivity index (χ4n) is 5.54. The van der Waals surface area contributed by atoms with E-state index in [1.807, 2.05) is 12.1 Å². The molecular formula is C25H21F2N7O. The van der Waals surface area contributed by atoms with Gasteiger partial charge in [0.25, 0.3) is 0 Å². The van der Waals surface area contributed by atoms with Gasteiger partial charge in [-0.15, -0.1) is 5.10 Å². The Morgan fingerprint density at radius 3 is 2.77 bits per heavy atom. The van der Waals surface area contributed by atoms with E-state index in [0.717, 1.165) is 41.6 Å². The Kier molecular flexibility index (Phi) is 4.34. The van der Waals surface area contributed by atoms with Gasteiger partial charge < -0.3 is 10.5 Å². The molecule has 4 aromatic rings. The number of anilines is 1. The molecule has 2 aromatic heterocycles. The largest absolute Gasteiger partial charge is 0.383 e. The van der Waals surface area contributed by atoms with Crippen molar-refractivity contribution >= 4 is 5.82 Å². The minimum absolute atomic E-state index is 0.114. The van der Waals surface area contributed by atoms with Crippen LogP contribution in [-0.4, -0.2) is 55.4 Å². The van der Waals surface area contributed by atoms with Crippen molar-refractivity contribution in [2.75, 3.05) is 18.9 Å². The van der Waals surface area contributed by atoms with Crippen molar-refractivity contribution in [1.29, 1.82) is 0 Å². The smallest absolute Gasteiger partial charge is 0.190 e. The number of hydrogen-bond donors (Lipinski definition) is 1. The van der Waals surface area contributed by atoms with Gasteiger partial charge in [0.1, 0.15) is 11.5 Å². The van der Waals surface area contributed by atoms with Crippen LogP contribution in [0, 0.1) is 17.0 Å². The molecule has 0 amide bonds. The van der Waals surface area contributed by atoms with Gasteiger partial charge in [0, 0.05) is 36.3 Å². The van der Waals surface area contributed by atoms with Gasteiger partial charge in [-0.3, -0.25) is 4.90 Å². The molecule has 1 spiro atoms. The molecule has 3 unspecified atom stereocenters. The van der Waals surface area contributed by atoms with Crippen LogP contribution in [0.4, 0.5) is 14.6 Å². The monoisotopic (exact) mass is 473 g/mol. The molecule has 0 radical (unpaired) electrons. The molecule has 1 saturated carbocycles. The van der Waals surface area contributed by atoms with Crippen LogP contribution in [0.5, 0.6) is 0 Å². The Balaban J connectivity index is 1.16. The van der Waals surface area contributed by atoms with Gasteiger partial charge in [-0.05, 0) is 46.2 Å². The molecule has 3 aliphatic rings. The number of nitrogens with two attached hydrogens (primary N) is 1. The molecule has 3 fully saturated rings. The Morgan fingerprint density at radius 1 is 1.11 bits per heavy atom. The molecule has 10 heteroatoms. The minimum atomic E-state index is -1.05. The standard InChI is InChI=1S/C25H21F2N7O/c26-18-2-1-3-19(22(18)27)34-24(30-31-32-34)17-8-16(10-29-23(17)28)15-6-4-14(5-7-15)11-33-13-25-9-21(25)35-12-20(25)33/h1-8,10,20-21H,9,11-13H2,(H2,28,29). The Hall–Kier alpha value is -3.76. The maximum atomic E-state index is 14.4. The summed E-state index contributed by atoms with van der Waals surface area (Å²) in [6, 6.07) is 14.5. The summed E-state index contributed by atoms with van der Waals surface area (Å²) in [5.74, 6) is -1.69.